The van der Waals surface area contributed by atoms with Gasteiger partial charge in [-0.2, -0.15) is 0 Å². The van der Waals surface area contributed by atoms with Gasteiger partial charge in [0, 0.05) is 30.4 Å². The summed E-state index contributed by atoms with van der Waals surface area (Å²) in [5, 5.41) is 1.29. The van der Waals surface area contributed by atoms with E-state index in [0.717, 1.165) is 25.0 Å². The molecule has 1 saturated heterocycles. The molecule has 1 aromatic carbocycles. The van der Waals surface area contributed by atoms with Crippen molar-refractivity contribution in [3.63, 3.8) is 0 Å². The molecule has 0 spiro atoms. The van der Waals surface area contributed by atoms with Crippen molar-refractivity contribution in [2.24, 2.45) is 5.92 Å². The van der Waals surface area contributed by atoms with E-state index in [4.69, 9.17) is 4.74 Å². The molecular formula is C19H26N2O. The molecule has 0 saturated carbocycles. The third-order valence-corrected chi connectivity index (χ3v) is 4.23. The van der Waals surface area contributed by atoms with Gasteiger partial charge in [-0.05, 0) is 56.0 Å². The number of rotatable bonds is 3. The van der Waals surface area contributed by atoms with Crippen LogP contribution in [0.4, 0.5) is 5.69 Å². The molecule has 2 heterocycles. The summed E-state index contributed by atoms with van der Waals surface area (Å²) in [6, 6.07) is 8.82. The Bertz CT molecular complexity index is 643. The molecule has 3 rings (SSSR count). The van der Waals surface area contributed by atoms with Crippen LogP contribution < -0.4 is 4.90 Å². The third-order valence-electron chi connectivity index (χ3n) is 4.23. The van der Waals surface area contributed by atoms with E-state index in [9.17, 15) is 0 Å². The number of aromatic nitrogens is 1. The standard InChI is InChI=1S/C19H26N2O/c1-13(2)9-16-7-8-20-19-6-5-17(10-18(16)19)21-11-14(3)22-15(4)12-21/h5-8,10,13-15H,9,11-12H2,1-4H3. The Hall–Kier alpha value is -1.61. The number of benzene rings is 1. The number of ether oxygens (including phenoxy) is 1. The zero-order valence-corrected chi connectivity index (χ0v) is 14.0. The van der Waals surface area contributed by atoms with Gasteiger partial charge in [-0.15, -0.1) is 0 Å². The van der Waals surface area contributed by atoms with Crippen molar-refractivity contribution in [1.29, 1.82) is 0 Å². The van der Waals surface area contributed by atoms with Gasteiger partial charge in [0.25, 0.3) is 0 Å². The van der Waals surface area contributed by atoms with E-state index in [-0.39, 0.29) is 12.2 Å². The lowest BCUT2D eigenvalue weighted by Crippen LogP contribution is -2.45. The quantitative estimate of drug-likeness (QED) is 0.855. The molecule has 1 aromatic heterocycles. The SMILES string of the molecule is CC(C)Cc1ccnc2ccc(N3CC(C)OC(C)C3)cc12. The van der Waals surface area contributed by atoms with E-state index in [1.165, 1.54) is 16.6 Å². The molecule has 1 aliphatic heterocycles. The van der Waals surface area contributed by atoms with Crippen LogP contribution in [0.1, 0.15) is 33.3 Å². The number of pyridine rings is 1. The van der Waals surface area contributed by atoms with Gasteiger partial charge in [0.05, 0.1) is 17.7 Å². The van der Waals surface area contributed by atoms with Crippen molar-refractivity contribution in [2.75, 3.05) is 18.0 Å². The molecule has 0 bridgehead atoms. The maximum absolute atomic E-state index is 5.85. The predicted molar refractivity (Wildman–Crippen MR) is 92.5 cm³/mol. The lowest BCUT2D eigenvalue weighted by molar-refractivity contribution is -0.00520. The van der Waals surface area contributed by atoms with E-state index in [0.29, 0.717) is 5.92 Å². The molecule has 0 radical (unpaired) electrons. The van der Waals surface area contributed by atoms with Crippen LogP contribution in [0.5, 0.6) is 0 Å². The van der Waals surface area contributed by atoms with Gasteiger partial charge in [-0.25, -0.2) is 0 Å². The normalized spacial score (nSPS) is 22.5. The molecule has 0 N–H and O–H groups in total. The minimum atomic E-state index is 0.281. The van der Waals surface area contributed by atoms with Gasteiger partial charge < -0.3 is 9.64 Å². The molecule has 0 aliphatic carbocycles. The largest absolute Gasteiger partial charge is 0.372 e. The van der Waals surface area contributed by atoms with Crippen LogP contribution in [-0.4, -0.2) is 30.3 Å². The highest BCUT2D eigenvalue weighted by Crippen LogP contribution is 2.27. The van der Waals surface area contributed by atoms with Gasteiger partial charge >= 0.3 is 0 Å². The summed E-state index contributed by atoms with van der Waals surface area (Å²) < 4.78 is 5.85. The van der Waals surface area contributed by atoms with Gasteiger partial charge in [-0.3, -0.25) is 4.98 Å². The summed E-state index contributed by atoms with van der Waals surface area (Å²) in [4.78, 5) is 6.96. The molecular weight excluding hydrogens is 272 g/mol. The van der Waals surface area contributed by atoms with Crippen molar-refractivity contribution in [3.05, 3.63) is 36.0 Å². The first-order valence-electron chi connectivity index (χ1n) is 8.31. The molecule has 0 amide bonds. The van der Waals surface area contributed by atoms with Crippen LogP contribution >= 0.6 is 0 Å². The first kappa shape index (κ1) is 15.3. The number of fused-ring (bicyclic) bond motifs is 1. The summed E-state index contributed by atoms with van der Waals surface area (Å²) in [7, 11) is 0. The molecule has 1 fully saturated rings. The first-order valence-corrected chi connectivity index (χ1v) is 8.31. The second-order valence-electron chi connectivity index (χ2n) is 6.93. The van der Waals surface area contributed by atoms with E-state index in [1.807, 2.05) is 6.20 Å². The molecule has 3 nitrogen and oxygen atoms in total. The van der Waals surface area contributed by atoms with Crippen molar-refractivity contribution in [2.45, 2.75) is 46.3 Å². The van der Waals surface area contributed by atoms with Gasteiger partial charge in [0.2, 0.25) is 0 Å². The summed E-state index contributed by atoms with van der Waals surface area (Å²) in [6.45, 7) is 10.7. The van der Waals surface area contributed by atoms with Gasteiger partial charge in [-0.1, -0.05) is 13.8 Å². The maximum atomic E-state index is 5.85. The van der Waals surface area contributed by atoms with Crippen LogP contribution in [0, 0.1) is 5.92 Å². The van der Waals surface area contributed by atoms with Gasteiger partial charge in [0.1, 0.15) is 0 Å². The minimum absolute atomic E-state index is 0.281. The predicted octanol–water partition coefficient (Wildman–Crippen LogP) is 4.05. The molecule has 2 unspecified atom stereocenters. The maximum Gasteiger partial charge on any atom is 0.0726 e. The van der Waals surface area contributed by atoms with Crippen LogP contribution in [0.2, 0.25) is 0 Å². The number of nitrogens with zero attached hydrogens (tertiary/aromatic N) is 2. The fourth-order valence-electron chi connectivity index (χ4n) is 3.39. The highest BCUT2D eigenvalue weighted by molar-refractivity contribution is 5.85. The number of anilines is 1. The monoisotopic (exact) mass is 298 g/mol. The molecule has 22 heavy (non-hydrogen) atoms. The Labute approximate surface area is 133 Å². The zero-order chi connectivity index (χ0) is 15.7. The van der Waals surface area contributed by atoms with E-state index in [2.05, 4.69) is 61.8 Å². The van der Waals surface area contributed by atoms with Crippen molar-refractivity contribution >= 4 is 16.6 Å². The van der Waals surface area contributed by atoms with Crippen molar-refractivity contribution in [1.82, 2.24) is 4.98 Å². The smallest absolute Gasteiger partial charge is 0.0726 e. The zero-order valence-electron chi connectivity index (χ0n) is 14.0. The molecule has 2 atom stereocenters. The summed E-state index contributed by atoms with van der Waals surface area (Å²) in [5.41, 5.74) is 3.78. The minimum Gasteiger partial charge on any atom is -0.372 e. The van der Waals surface area contributed by atoms with Gasteiger partial charge in [0.15, 0.2) is 0 Å². The van der Waals surface area contributed by atoms with Crippen molar-refractivity contribution in [3.8, 4) is 0 Å². The third kappa shape index (κ3) is 3.25. The molecule has 118 valence electrons. The van der Waals surface area contributed by atoms with E-state index in [1.54, 1.807) is 0 Å². The molecule has 1 aliphatic rings. The summed E-state index contributed by atoms with van der Waals surface area (Å²) in [6.07, 6.45) is 3.59. The lowest BCUT2D eigenvalue weighted by Gasteiger charge is -2.37. The molecule has 2 aromatic rings. The topological polar surface area (TPSA) is 25.4 Å². The Morgan fingerprint density at radius 3 is 2.59 bits per heavy atom. The van der Waals surface area contributed by atoms with E-state index < -0.39 is 0 Å². The van der Waals surface area contributed by atoms with Crippen LogP contribution in [0.15, 0.2) is 30.5 Å². The summed E-state index contributed by atoms with van der Waals surface area (Å²) in [5.74, 6) is 0.651. The fraction of sp³-hybridized carbons (Fsp3) is 0.526. The van der Waals surface area contributed by atoms with Crippen LogP contribution in [0.3, 0.4) is 0 Å². The average Bonchev–Trinajstić information content (AvgIpc) is 2.45. The fourth-order valence-corrected chi connectivity index (χ4v) is 3.39. The average molecular weight is 298 g/mol. The molecule has 3 heteroatoms. The van der Waals surface area contributed by atoms with E-state index >= 15 is 0 Å². The number of hydrogen-bond acceptors (Lipinski definition) is 3. The number of hydrogen-bond donors (Lipinski definition) is 0. The highest BCUT2D eigenvalue weighted by Gasteiger charge is 2.22. The Morgan fingerprint density at radius 1 is 1.18 bits per heavy atom. The lowest BCUT2D eigenvalue weighted by atomic mass is 9.99. The van der Waals surface area contributed by atoms with Crippen molar-refractivity contribution < 1.29 is 4.74 Å². The Balaban J connectivity index is 1.97. The Kier molecular flexibility index (Phi) is 4.34. The van der Waals surface area contributed by atoms with Crippen LogP contribution in [-0.2, 0) is 11.2 Å². The van der Waals surface area contributed by atoms with Crippen LogP contribution in [0.25, 0.3) is 10.9 Å². The summed E-state index contributed by atoms with van der Waals surface area (Å²) >= 11 is 0. The first-order chi connectivity index (χ1) is 10.5. The second kappa shape index (κ2) is 6.25. The second-order valence-corrected chi connectivity index (χ2v) is 6.93. The Morgan fingerprint density at radius 2 is 1.91 bits per heavy atom. The highest BCUT2D eigenvalue weighted by atomic mass is 16.5. The number of morpholine rings is 1.